The second-order valence-electron chi connectivity index (χ2n) is 3.36. The lowest BCUT2D eigenvalue weighted by atomic mass is 10.1. The molecule has 1 aliphatic rings. The number of allylic oxidation sites excluding steroid dienone is 3. The Hall–Kier alpha value is -1.05. The first-order valence-electron chi connectivity index (χ1n) is 5.16. The Balaban J connectivity index is 2.21. The molecule has 1 rings (SSSR count). The van der Waals surface area contributed by atoms with Gasteiger partial charge in [-0.05, 0) is 19.3 Å². The van der Waals surface area contributed by atoms with Crippen LogP contribution < -0.4 is 0 Å². The Bertz CT molecular complexity index is 239. The molecule has 77 valence electrons. The summed E-state index contributed by atoms with van der Waals surface area (Å²) in [6, 6.07) is 0. The average Bonchev–Trinajstić information content (AvgIpc) is 2.25. The van der Waals surface area contributed by atoms with Crippen molar-refractivity contribution in [3.8, 4) is 0 Å². The average molecular weight is 193 g/mol. The molecule has 0 saturated heterocycles. The lowest BCUT2D eigenvalue weighted by molar-refractivity contribution is -0.139. The summed E-state index contributed by atoms with van der Waals surface area (Å²) in [4.78, 5) is 11.4. The number of carbonyl (C=O) groups is 1. The number of unbranched alkanes of at least 4 members (excludes halogenated alkanes) is 2. The summed E-state index contributed by atoms with van der Waals surface area (Å²) in [5, 5.41) is 0. The van der Waals surface area contributed by atoms with Crippen LogP contribution in [0.5, 0.6) is 0 Å². The summed E-state index contributed by atoms with van der Waals surface area (Å²) < 4.78 is 5.11. The molecule has 0 heterocycles. The van der Waals surface area contributed by atoms with Crippen molar-refractivity contribution < 1.29 is 9.53 Å². The maximum absolute atomic E-state index is 11.4. The second-order valence-corrected chi connectivity index (χ2v) is 3.36. The summed E-state index contributed by atoms with van der Waals surface area (Å²) in [5.74, 6) is -0.154. The number of esters is 1. The number of carbonyl (C=O) groups excluding carboxylic acids is 1. The molecule has 0 fully saturated rings. The van der Waals surface area contributed by atoms with Crippen LogP contribution in [-0.4, -0.2) is 12.6 Å². The molecule has 0 saturated carbocycles. The minimum Gasteiger partial charge on any atom is -0.462 e. The van der Waals surface area contributed by atoms with E-state index in [9.17, 15) is 4.79 Å². The van der Waals surface area contributed by atoms with Gasteiger partial charge in [0, 0.05) is 5.57 Å². The largest absolute Gasteiger partial charge is 0.462 e. The molecule has 0 spiro atoms. The predicted octanol–water partition coefficient (Wildman–Crippen LogP) is 2.81. The van der Waals surface area contributed by atoms with Gasteiger partial charge in [0.15, 0.2) is 0 Å². The predicted molar refractivity (Wildman–Crippen MR) is 56.6 cm³/mol. The van der Waals surface area contributed by atoms with Gasteiger partial charge in [-0.25, -0.2) is 4.79 Å². The van der Waals surface area contributed by atoms with Crippen molar-refractivity contribution in [2.45, 2.75) is 32.1 Å². The fourth-order valence-electron chi connectivity index (χ4n) is 1.31. The Kier molecular flexibility index (Phi) is 5.05. The van der Waals surface area contributed by atoms with E-state index in [1.807, 2.05) is 12.2 Å². The Morgan fingerprint density at radius 2 is 2.36 bits per heavy atom. The number of rotatable bonds is 5. The Morgan fingerprint density at radius 3 is 3.00 bits per heavy atom. The minimum absolute atomic E-state index is 0.154. The highest BCUT2D eigenvalue weighted by Gasteiger charge is 2.10. The van der Waals surface area contributed by atoms with Crippen molar-refractivity contribution in [1.29, 1.82) is 0 Å². The molecular weight excluding hydrogens is 176 g/mol. The number of ether oxygens (including phenoxy) is 1. The van der Waals surface area contributed by atoms with Gasteiger partial charge in [-0.2, -0.15) is 0 Å². The van der Waals surface area contributed by atoms with Crippen LogP contribution in [0, 0.1) is 6.92 Å². The maximum atomic E-state index is 11.4. The molecule has 1 radical (unpaired) electrons. The third kappa shape index (κ3) is 3.77. The zero-order chi connectivity index (χ0) is 10.2. The van der Waals surface area contributed by atoms with Gasteiger partial charge >= 0.3 is 5.97 Å². The SMILES string of the molecule is [CH2]CCCCOC(=O)C1=CC=CCC1. The summed E-state index contributed by atoms with van der Waals surface area (Å²) >= 11 is 0. The molecule has 0 amide bonds. The zero-order valence-corrected chi connectivity index (χ0v) is 8.50. The minimum atomic E-state index is -0.154. The van der Waals surface area contributed by atoms with Gasteiger partial charge in [0.05, 0.1) is 6.61 Å². The molecule has 0 atom stereocenters. The topological polar surface area (TPSA) is 26.3 Å². The first kappa shape index (κ1) is 11.0. The van der Waals surface area contributed by atoms with E-state index in [0.717, 1.165) is 37.7 Å². The van der Waals surface area contributed by atoms with E-state index in [1.54, 1.807) is 0 Å². The zero-order valence-electron chi connectivity index (χ0n) is 8.50. The van der Waals surface area contributed by atoms with Crippen molar-refractivity contribution >= 4 is 5.97 Å². The molecule has 14 heavy (non-hydrogen) atoms. The lowest BCUT2D eigenvalue weighted by Gasteiger charge is -2.08. The van der Waals surface area contributed by atoms with Gasteiger partial charge in [0.25, 0.3) is 0 Å². The van der Waals surface area contributed by atoms with E-state index >= 15 is 0 Å². The first-order chi connectivity index (χ1) is 6.84. The molecule has 0 aliphatic heterocycles. The Labute approximate surface area is 85.6 Å². The monoisotopic (exact) mass is 193 g/mol. The Morgan fingerprint density at radius 1 is 1.50 bits per heavy atom. The fraction of sp³-hybridized carbons (Fsp3) is 0.500. The van der Waals surface area contributed by atoms with Crippen molar-refractivity contribution in [1.82, 2.24) is 0 Å². The van der Waals surface area contributed by atoms with Crippen LogP contribution in [0.4, 0.5) is 0 Å². The summed E-state index contributed by atoms with van der Waals surface area (Å²) in [6.07, 6.45) is 10.4. The van der Waals surface area contributed by atoms with Gasteiger partial charge < -0.3 is 4.74 Å². The van der Waals surface area contributed by atoms with Crippen LogP contribution in [0.2, 0.25) is 0 Å². The van der Waals surface area contributed by atoms with Crippen LogP contribution in [0.15, 0.2) is 23.8 Å². The van der Waals surface area contributed by atoms with Crippen LogP contribution in [0.3, 0.4) is 0 Å². The third-order valence-electron chi connectivity index (χ3n) is 2.15. The molecule has 0 unspecified atom stereocenters. The number of hydrogen-bond donors (Lipinski definition) is 0. The highest BCUT2D eigenvalue weighted by molar-refractivity contribution is 5.89. The summed E-state index contributed by atoms with van der Waals surface area (Å²) in [7, 11) is 0. The molecular formula is C12H17O2. The van der Waals surface area contributed by atoms with E-state index in [2.05, 4.69) is 13.0 Å². The van der Waals surface area contributed by atoms with Gasteiger partial charge in [-0.15, -0.1) is 0 Å². The second kappa shape index (κ2) is 6.41. The van der Waals surface area contributed by atoms with Crippen LogP contribution in [0.25, 0.3) is 0 Å². The van der Waals surface area contributed by atoms with E-state index < -0.39 is 0 Å². The molecule has 2 nitrogen and oxygen atoms in total. The molecule has 0 aromatic rings. The van der Waals surface area contributed by atoms with Gasteiger partial charge in [0.2, 0.25) is 0 Å². The maximum Gasteiger partial charge on any atom is 0.334 e. The summed E-state index contributed by atoms with van der Waals surface area (Å²) in [5.41, 5.74) is 0.794. The van der Waals surface area contributed by atoms with Crippen molar-refractivity contribution in [3.63, 3.8) is 0 Å². The van der Waals surface area contributed by atoms with E-state index in [-0.39, 0.29) is 5.97 Å². The van der Waals surface area contributed by atoms with E-state index in [0.29, 0.717) is 6.61 Å². The van der Waals surface area contributed by atoms with E-state index in [4.69, 9.17) is 4.74 Å². The van der Waals surface area contributed by atoms with Gasteiger partial charge in [-0.3, -0.25) is 0 Å². The van der Waals surface area contributed by atoms with Crippen LogP contribution in [-0.2, 0) is 9.53 Å². The molecule has 0 bridgehead atoms. The molecule has 0 aromatic carbocycles. The van der Waals surface area contributed by atoms with Gasteiger partial charge in [0.1, 0.15) is 0 Å². The number of hydrogen-bond acceptors (Lipinski definition) is 2. The highest BCUT2D eigenvalue weighted by Crippen LogP contribution is 2.13. The normalized spacial score (nSPS) is 15.1. The van der Waals surface area contributed by atoms with Crippen LogP contribution >= 0.6 is 0 Å². The fourth-order valence-corrected chi connectivity index (χ4v) is 1.31. The molecule has 0 N–H and O–H groups in total. The molecule has 0 aromatic heterocycles. The standard InChI is InChI=1S/C12H17O2/c1-2-3-7-10-14-12(13)11-8-5-4-6-9-11/h4-5,8H,1-3,6-7,9-10H2. The summed E-state index contributed by atoms with van der Waals surface area (Å²) in [6.45, 7) is 4.25. The first-order valence-corrected chi connectivity index (χ1v) is 5.16. The van der Waals surface area contributed by atoms with Crippen molar-refractivity contribution in [2.24, 2.45) is 0 Å². The van der Waals surface area contributed by atoms with Crippen molar-refractivity contribution in [3.05, 3.63) is 30.7 Å². The van der Waals surface area contributed by atoms with Crippen LogP contribution in [0.1, 0.15) is 32.1 Å². The smallest absolute Gasteiger partial charge is 0.334 e. The highest BCUT2D eigenvalue weighted by atomic mass is 16.5. The van der Waals surface area contributed by atoms with Crippen molar-refractivity contribution in [2.75, 3.05) is 6.61 Å². The quantitative estimate of drug-likeness (QED) is 0.495. The molecule has 1 aliphatic carbocycles. The van der Waals surface area contributed by atoms with E-state index in [1.165, 1.54) is 0 Å². The third-order valence-corrected chi connectivity index (χ3v) is 2.15. The molecule has 2 heteroatoms. The lowest BCUT2D eigenvalue weighted by Crippen LogP contribution is -2.09. The van der Waals surface area contributed by atoms with Gasteiger partial charge in [-0.1, -0.05) is 38.0 Å².